The van der Waals surface area contributed by atoms with E-state index in [0.29, 0.717) is 0 Å². The number of benzene rings is 2. The zero-order chi connectivity index (χ0) is 13.9. The molecule has 0 aliphatic heterocycles. The highest BCUT2D eigenvalue weighted by molar-refractivity contribution is 5.80. The Bertz CT molecular complexity index is 555. The minimum atomic E-state index is 0.192. The van der Waals surface area contributed by atoms with E-state index >= 15 is 0 Å². The van der Waals surface area contributed by atoms with Gasteiger partial charge in [0.2, 0.25) is 0 Å². The van der Waals surface area contributed by atoms with Gasteiger partial charge in [0.25, 0.3) is 0 Å². The summed E-state index contributed by atoms with van der Waals surface area (Å²) < 4.78 is 0. The highest BCUT2D eigenvalue weighted by Crippen LogP contribution is 2.37. The van der Waals surface area contributed by atoms with Crippen LogP contribution in [0.5, 0.6) is 0 Å². The van der Waals surface area contributed by atoms with Crippen LogP contribution >= 0.6 is 0 Å². The fourth-order valence-electron chi connectivity index (χ4n) is 2.43. The maximum absolute atomic E-state index is 3.29. The number of para-hydroxylation sites is 1. The van der Waals surface area contributed by atoms with Crippen molar-refractivity contribution in [1.29, 1.82) is 0 Å². The Kier molecular flexibility index (Phi) is 3.94. The molecule has 0 amide bonds. The van der Waals surface area contributed by atoms with Gasteiger partial charge in [0, 0.05) is 18.3 Å². The Morgan fingerprint density at radius 3 is 2.11 bits per heavy atom. The van der Waals surface area contributed by atoms with Gasteiger partial charge in [-0.15, -0.1) is 0 Å². The Balaban J connectivity index is 2.63. The maximum atomic E-state index is 3.29. The van der Waals surface area contributed by atoms with E-state index in [1.807, 2.05) is 7.05 Å². The predicted octanol–water partition coefficient (Wildman–Crippen LogP) is 5.08. The molecule has 0 atom stereocenters. The van der Waals surface area contributed by atoms with Gasteiger partial charge in [-0.3, -0.25) is 0 Å². The number of anilines is 1. The van der Waals surface area contributed by atoms with E-state index in [0.717, 1.165) is 6.42 Å². The van der Waals surface area contributed by atoms with E-state index < -0.39 is 0 Å². The molecule has 0 fully saturated rings. The van der Waals surface area contributed by atoms with Crippen LogP contribution in [0.2, 0.25) is 0 Å². The van der Waals surface area contributed by atoms with E-state index in [9.17, 15) is 0 Å². The van der Waals surface area contributed by atoms with Crippen LogP contribution in [0.15, 0.2) is 48.5 Å². The van der Waals surface area contributed by atoms with Gasteiger partial charge in [0.15, 0.2) is 0 Å². The number of nitrogens with one attached hydrogen (secondary N) is 1. The summed E-state index contributed by atoms with van der Waals surface area (Å²) in [7, 11) is 1.98. The smallest absolute Gasteiger partial charge is 0.0417 e. The fourth-order valence-corrected chi connectivity index (χ4v) is 2.43. The zero-order valence-corrected chi connectivity index (χ0v) is 12.3. The molecule has 2 rings (SSSR count). The summed E-state index contributed by atoms with van der Waals surface area (Å²) in [6.45, 7) is 6.88. The first-order chi connectivity index (χ1) is 9.10. The normalized spacial score (nSPS) is 11.4. The van der Waals surface area contributed by atoms with E-state index in [4.69, 9.17) is 0 Å². The molecule has 1 heteroatoms. The molecule has 1 N–H and O–H groups in total. The monoisotopic (exact) mass is 253 g/mol. The summed E-state index contributed by atoms with van der Waals surface area (Å²) in [4.78, 5) is 0. The molecule has 19 heavy (non-hydrogen) atoms. The third kappa shape index (κ3) is 2.65. The Labute approximate surface area is 116 Å². The van der Waals surface area contributed by atoms with Gasteiger partial charge in [0.1, 0.15) is 0 Å². The Morgan fingerprint density at radius 2 is 1.47 bits per heavy atom. The van der Waals surface area contributed by atoms with Crippen molar-refractivity contribution in [3.63, 3.8) is 0 Å². The molecule has 2 aromatic carbocycles. The van der Waals surface area contributed by atoms with Crippen LogP contribution in [-0.2, 0) is 5.41 Å². The van der Waals surface area contributed by atoms with Crippen LogP contribution in [0.3, 0.4) is 0 Å². The van der Waals surface area contributed by atoms with Crippen molar-refractivity contribution >= 4 is 5.69 Å². The Hall–Kier alpha value is -1.76. The van der Waals surface area contributed by atoms with Crippen molar-refractivity contribution in [2.75, 3.05) is 12.4 Å². The van der Waals surface area contributed by atoms with Crippen molar-refractivity contribution in [2.24, 2.45) is 0 Å². The standard InChI is InChI=1S/C18H23N/c1-5-18(2,3)16-12-8-6-10-14(16)15-11-7-9-13-17(15)19-4/h6-13,19H,5H2,1-4H3. The van der Waals surface area contributed by atoms with Crippen molar-refractivity contribution < 1.29 is 0 Å². The molecule has 0 saturated heterocycles. The number of hydrogen-bond acceptors (Lipinski definition) is 1. The summed E-state index contributed by atoms with van der Waals surface area (Å²) in [6.07, 6.45) is 1.13. The fraction of sp³-hybridized carbons (Fsp3) is 0.333. The molecule has 0 aliphatic rings. The van der Waals surface area contributed by atoms with Crippen LogP contribution in [0.1, 0.15) is 32.8 Å². The molecular weight excluding hydrogens is 230 g/mol. The molecule has 1 nitrogen and oxygen atoms in total. The van der Waals surface area contributed by atoms with Crippen LogP contribution in [-0.4, -0.2) is 7.05 Å². The minimum absolute atomic E-state index is 0.192. The highest BCUT2D eigenvalue weighted by Gasteiger charge is 2.22. The van der Waals surface area contributed by atoms with Gasteiger partial charge in [0.05, 0.1) is 0 Å². The molecule has 0 aromatic heterocycles. The van der Waals surface area contributed by atoms with Gasteiger partial charge >= 0.3 is 0 Å². The largest absolute Gasteiger partial charge is 0.388 e. The lowest BCUT2D eigenvalue weighted by Crippen LogP contribution is -2.16. The molecule has 0 radical (unpaired) electrons. The third-order valence-electron chi connectivity index (χ3n) is 4.03. The minimum Gasteiger partial charge on any atom is -0.388 e. The SMILES string of the molecule is CCC(C)(C)c1ccccc1-c1ccccc1NC. The molecule has 0 heterocycles. The quantitative estimate of drug-likeness (QED) is 0.801. The van der Waals surface area contributed by atoms with Gasteiger partial charge < -0.3 is 5.32 Å². The van der Waals surface area contributed by atoms with Crippen molar-refractivity contribution in [3.05, 3.63) is 54.1 Å². The average Bonchev–Trinajstić information content (AvgIpc) is 2.47. The second-order valence-corrected chi connectivity index (χ2v) is 5.58. The molecule has 2 aromatic rings. The molecular formula is C18H23N. The summed E-state index contributed by atoms with van der Waals surface area (Å²) in [5.41, 5.74) is 5.40. The molecule has 100 valence electrons. The lowest BCUT2D eigenvalue weighted by Gasteiger charge is -2.27. The summed E-state index contributed by atoms with van der Waals surface area (Å²) in [5, 5.41) is 3.29. The summed E-state index contributed by atoms with van der Waals surface area (Å²) in [6, 6.07) is 17.2. The molecule has 0 unspecified atom stereocenters. The van der Waals surface area contributed by atoms with Crippen molar-refractivity contribution in [3.8, 4) is 11.1 Å². The predicted molar refractivity (Wildman–Crippen MR) is 84.7 cm³/mol. The zero-order valence-electron chi connectivity index (χ0n) is 12.3. The van der Waals surface area contributed by atoms with E-state index in [-0.39, 0.29) is 5.41 Å². The van der Waals surface area contributed by atoms with Crippen LogP contribution < -0.4 is 5.32 Å². The second-order valence-electron chi connectivity index (χ2n) is 5.58. The first-order valence-electron chi connectivity index (χ1n) is 6.97. The maximum Gasteiger partial charge on any atom is 0.0417 e. The average molecular weight is 253 g/mol. The molecule has 0 saturated carbocycles. The topological polar surface area (TPSA) is 12.0 Å². The van der Waals surface area contributed by atoms with Gasteiger partial charge in [-0.2, -0.15) is 0 Å². The first kappa shape index (κ1) is 13.7. The summed E-state index contributed by atoms with van der Waals surface area (Å²) in [5.74, 6) is 0. The Morgan fingerprint density at radius 1 is 0.895 bits per heavy atom. The highest BCUT2D eigenvalue weighted by atomic mass is 14.8. The van der Waals surface area contributed by atoms with Crippen LogP contribution in [0, 0.1) is 0 Å². The second kappa shape index (κ2) is 5.48. The van der Waals surface area contributed by atoms with E-state index in [2.05, 4.69) is 74.6 Å². The third-order valence-corrected chi connectivity index (χ3v) is 4.03. The molecule has 0 bridgehead atoms. The molecule has 0 spiro atoms. The lowest BCUT2D eigenvalue weighted by molar-refractivity contribution is 0.508. The molecule has 0 aliphatic carbocycles. The van der Waals surface area contributed by atoms with Gasteiger partial charge in [-0.05, 0) is 29.0 Å². The van der Waals surface area contributed by atoms with E-state index in [1.54, 1.807) is 0 Å². The first-order valence-corrected chi connectivity index (χ1v) is 6.97. The summed E-state index contributed by atoms with van der Waals surface area (Å²) >= 11 is 0. The van der Waals surface area contributed by atoms with Gasteiger partial charge in [-0.25, -0.2) is 0 Å². The van der Waals surface area contributed by atoms with E-state index in [1.165, 1.54) is 22.4 Å². The van der Waals surface area contributed by atoms with Crippen molar-refractivity contribution in [1.82, 2.24) is 0 Å². The van der Waals surface area contributed by atoms with Crippen LogP contribution in [0.4, 0.5) is 5.69 Å². The lowest BCUT2D eigenvalue weighted by atomic mass is 9.78. The van der Waals surface area contributed by atoms with Crippen LogP contribution in [0.25, 0.3) is 11.1 Å². The van der Waals surface area contributed by atoms with Crippen molar-refractivity contribution in [2.45, 2.75) is 32.6 Å². The van der Waals surface area contributed by atoms with Gasteiger partial charge in [-0.1, -0.05) is 63.2 Å². The number of rotatable bonds is 4. The number of hydrogen-bond donors (Lipinski definition) is 1.